The Bertz CT molecular complexity index is 524. The van der Waals surface area contributed by atoms with Crippen LogP contribution in [-0.4, -0.2) is 40.4 Å². The summed E-state index contributed by atoms with van der Waals surface area (Å²) in [5.41, 5.74) is -0.219. The topological polar surface area (TPSA) is 47.5 Å². The first-order valence-electron chi connectivity index (χ1n) is 8.32. The highest BCUT2D eigenvalue weighted by Crippen LogP contribution is 2.42. The van der Waals surface area contributed by atoms with Crippen LogP contribution in [0.2, 0.25) is 0 Å². The van der Waals surface area contributed by atoms with Gasteiger partial charge in [-0.15, -0.1) is 0 Å². The molecular weight excluding hydrogens is 278 g/mol. The molecule has 1 aromatic rings. The Morgan fingerprint density at radius 1 is 1.14 bits per heavy atom. The highest BCUT2D eigenvalue weighted by Gasteiger charge is 2.46. The minimum absolute atomic E-state index is 0.0334. The van der Waals surface area contributed by atoms with E-state index in [0.29, 0.717) is 5.88 Å². The minimum Gasteiger partial charge on any atom is -0.472 e. The zero-order chi connectivity index (χ0) is 15.8. The second kappa shape index (κ2) is 5.69. The van der Waals surface area contributed by atoms with Gasteiger partial charge < -0.3 is 14.4 Å². The first-order chi connectivity index (χ1) is 10.4. The highest BCUT2D eigenvalue weighted by molar-refractivity contribution is 5.49. The molecule has 0 bridgehead atoms. The van der Waals surface area contributed by atoms with Gasteiger partial charge in [-0.05, 0) is 40.5 Å². The first-order valence-corrected chi connectivity index (χ1v) is 8.32. The smallest absolute Gasteiger partial charge is 0.257 e. The normalized spacial score (nSPS) is 23.2. The van der Waals surface area contributed by atoms with Crippen LogP contribution in [0.4, 0.5) is 5.82 Å². The average molecular weight is 305 g/mol. The van der Waals surface area contributed by atoms with Gasteiger partial charge >= 0.3 is 0 Å². The van der Waals surface area contributed by atoms with E-state index in [1.165, 1.54) is 12.8 Å². The molecule has 0 aromatic carbocycles. The molecular formula is C17H27N3O2. The van der Waals surface area contributed by atoms with Crippen molar-refractivity contribution in [1.29, 1.82) is 0 Å². The molecule has 2 aliphatic rings. The Morgan fingerprint density at radius 2 is 1.82 bits per heavy atom. The number of nitrogens with zero attached hydrogens (tertiary/aromatic N) is 3. The highest BCUT2D eigenvalue weighted by atomic mass is 16.5. The van der Waals surface area contributed by atoms with Gasteiger partial charge in [-0.1, -0.05) is 12.8 Å². The second-order valence-corrected chi connectivity index (χ2v) is 7.46. The standard InChI is InChI=1S/C17H27N3O2/c1-13(2)21-15-14(18-9-10-19-15)20-11-16(3,4)22-17(12-20)7-5-6-8-17/h9-10,13H,5-8,11-12H2,1-4H3. The predicted molar refractivity (Wildman–Crippen MR) is 86.4 cm³/mol. The van der Waals surface area contributed by atoms with Crippen LogP contribution >= 0.6 is 0 Å². The predicted octanol–water partition coefficient (Wildman–Crippen LogP) is 3.19. The fourth-order valence-electron chi connectivity index (χ4n) is 3.78. The van der Waals surface area contributed by atoms with E-state index in [2.05, 4.69) is 28.7 Å². The fourth-order valence-corrected chi connectivity index (χ4v) is 3.78. The van der Waals surface area contributed by atoms with Gasteiger partial charge in [-0.3, -0.25) is 0 Å². The summed E-state index contributed by atoms with van der Waals surface area (Å²) < 4.78 is 12.3. The lowest BCUT2D eigenvalue weighted by molar-refractivity contribution is -0.148. The van der Waals surface area contributed by atoms with Gasteiger partial charge in [-0.25, -0.2) is 9.97 Å². The summed E-state index contributed by atoms with van der Waals surface area (Å²) in [7, 11) is 0. The van der Waals surface area contributed by atoms with E-state index >= 15 is 0 Å². The molecule has 5 heteroatoms. The van der Waals surface area contributed by atoms with Gasteiger partial charge in [0.25, 0.3) is 5.88 Å². The lowest BCUT2D eigenvalue weighted by Gasteiger charge is -2.49. The van der Waals surface area contributed by atoms with E-state index in [-0.39, 0.29) is 17.3 Å². The molecule has 3 rings (SSSR count). The van der Waals surface area contributed by atoms with E-state index in [1.54, 1.807) is 12.4 Å². The summed E-state index contributed by atoms with van der Waals surface area (Å²) in [5.74, 6) is 1.47. The SMILES string of the molecule is CC(C)Oc1nccnc1N1CC(C)(C)OC2(CCCC2)C1. The Labute approximate surface area is 133 Å². The van der Waals surface area contributed by atoms with Crippen molar-refractivity contribution in [3.05, 3.63) is 12.4 Å². The molecule has 2 heterocycles. The van der Waals surface area contributed by atoms with Crippen LogP contribution in [0.5, 0.6) is 5.88 Å². The van der Waals surface area contributed by atoms with Crippen molar-refractivity contribution in [2.45, 2.75) is 70.7 Å². The van der Waals surface area contributed by atoms with Crippen molar-refractivity contribution in [1.82, 2.24) is 9.97 Å². The van der Waals surface area contributed by atoms with Crippen molar-refractivity contribution in [2.75, 3.05) is 18.0 Å². The number of ether oxygens (including phenoxy) is 2. The number of anilines is 1. The summed E-state index contributed by atoms with van der Waals surface area (Å²) in [5, 5.41) is 0. The van der Waals surface area contributed by atoms with Crippen LogP contribution in [0, 0.1) is 0 Å². The van der Waals surface area contributed by atoms with Crippen LogP contribution in [-0.2, 0) is 4.74 Å². The molecule has 1 aliphatic heterocycles. The van der Waals surface area contributed by atoms with Gasteiger partial charge in [-0.2, -0.15) is 0 Å². The molecule has 22 heavy (non-hydrogen) atoms. The largest absolute Gasteiger partial charge is 0.472 e. The molecule has 2 fully saturated rings. The van der Waals surface area contributed by atoms with Crippen LogP contribution in [0.25, 0.3) is 0 Å². The zero-order valence-corrected chi connectivity index (χ0v) is 14.1. The van der Waals surface area contributed by atoms with Gasteiger partial charge in [0.15, 0.2) is 5.82 Å². The third-order valence-corrected chi connectivity index (χ3v) is 4.35. The molecule has 122 valence electrons. The number of aromatic nitrogens is 2. The third kappa shape index (κ3) is 3.19. The van der Waals surface area contributed by atoms with Crippen molar-refractivity contribution < 1.29 is 9.47 Å². The van der Waals surface area contributed by atoms with Crippen molar-refractivity contribution >= 4 is 5.82 Å². The van der Waals surface area contributed by atoms with E-state index in [1.807, 2.05) is 13.8 Å². The van der Waals surface area contributed by atoms with E-state index in [4.69, 9.17) is 9.47 Å². The molecule has 1 aliphatic carbocycles. The number of hydrogen-bond donors (Lipinski definition) is 0. The molecule has 1 spiro atoms. The quantitative estimate of drug-likeness (QED) is 0.858. The number of morpholine rings is 1. The molecule has 0 radical (unpaired) electrons. The maximum absolute atomic E-state index is 6.46. The summed E-state index contributed by atoms with van der Waals surface area (Å²) >= 11 is 0. The van der Waals surface area contributed by atoms with Crippen LogP contribution < -0.4 is 9.64 Å². The maximum atomic E-state index is 6.46. The molecule has 5 nitrogen and oxygen atoms in total. The van der Waals surface area contributed by atoms with E-state index in [9.17, 15) is 0 Å². The van der Waals surface area contributed by atoms with Crippen molar-refractivity contribution in [3.8, 4) is 5.88 Å². The van der Waals surface area contributed by atoms with Crippen molar-refractivity contribution in [3.63, 3.8) is 0 Å². The zero-order valence-electron chi connectivity index (χ0n) is 14.1. The van der Waals surface area contributed by atoms with Gasteiger partial charge in [0, 0.05) is 25.5 Å². The van der Waals surface area contributed by atoms with Crippen LogP contribution in [0.15, 0.2) is 12.4 Å². The van der Waals surface area contributed by atoms with Gasteiger partial charge in [0.05, 0.1) is 17.3 Å². The molecule has 0 amide bonds. The van der Waals surface area contributed by atoms with Crippen molar-refractivity contribution in [2.24, 2.45) is 0 Å². The Kier molecular flexibility index (Phi) is 4.02. The molecule has 0 unspecified atom stereocenters. The Hall–Kier alpha value is -1.36. The molecule has 0 atom stereocenters. The monoisotopic (exact) mass is 305 g/mol. The molecule has 0 N–H and O–H groups in total. The maximum Gasteiger partial charge on any atom is 0.257 e. The number of hydrogen-bond acceptors (Lipinski definition) is 5. The van der Waals surface area contributed by atoms with E-state index < -0.39 is 0 Å². The summed E-state index contributed by atoms with van der Waals surface area (Å²) in [6.45, 7) is 10.0. The summed E-state index contributed by atoms with van der Waals surface area (Å²) in [6, 6.07) is 0. The lowest BCUT2D eigenvalue weighted by atomic mass is 9.94. The third-order valence-electron chi connectivity index (χ3n) is 4.35. The van der Waals surface area contributed by atoms with E-state index in [0.717, 1.165) is 31.7 Å². The van der Waals surface area contributed by atoms with Crippen LogP contribution in [0.3, 0.4) is 0 Å². The minimum atomic E-state index is -0.185. The summed E-state index contributed by atoms with van der Waals surface area (Å²) in [6.07, 6.45) is 8.29. The van der Waals surface area contributed by atoms with Gasteiger partial charge in [0.1, 0.15) is 0 Å². The molecule has 1 aromatic heterocycles. The first kappa shape index (κ1) is 15.5. The second-order valence-electron chi connectivity index (χ2n) is 7.46. The van der Waals surface area contributed by atoms with Gasteiger partial charge in [0.2, 0.25) is 0 Å². The average Bonchev–Trinajstić information content (AvgIpc) is 2.84. The lowest BCUT2D eigenvalue weighted by Crippen LogP contribution is -2.59. The molecule has 1 saturated carbocycles. The Balaban J connectivity index is 1.90. The number of rotatable bonds is 3. The van der Waals surface area contributed by atoms with Crippen LogP contribution in [0.1, 0.15) is 53.4 Å². The fraction of sp³-hybridized carbons (Fsp3) is 0.765. The molecule has 1 saturated heterocycles. The Morgan fingerprint density at radius 3 is 2.50 bits per heavy atom. The summed E-state index contributed by atoms with van der Waals surface area (Å²) in [4.78, 5) is 11.3.